The summed E-state index contributed by atoms with van der Waals surface area (Å²) in [5.41, 5.74) is 1.55. The van der Waals surface area contributed by atoms with Crippen LogP contribution in [0.15, 0.2) is 76.1 Å². The van der Waals surface area contributed by atoms with Crippen LogP contribution in [-0.2, 0) is 13.6 Å². The number of halogens is 1. The van der Waals surface area contributed by atoms with Crippen LogP contribution in [0.3, 0.4) is 0 Å². The Balaban J connectivity index is 1.66. The molecule has 1 aliphatic heterocycles. The number of nitrogens with one attached hydrogen (secondary N) is 1. The van der Waals surface area contributed by atoms with E-state index in [2.05, 4.69) is 10.4 Å². The highest BCUT2D eigenvalue weighted by Gasteiger charge is 2.32. The minimum Gasteiger partial charge on any atom is -0.338 e. The topological polar surface area (TPSA) is 90.9 Å². The molecule has 1 N–H and O–H groups in total. The molecule has 176 valence electrons. The number of ketones is 1. The molecule has 0 saturated carbocycles. The third-order valence-corrected chi connectivity index (χ3v) is 5.90. The standard InChI is InChI=1S/C26H22FN5O3/c1-3-13-31-24-21(25(34)30(2)26(31)35)23(33)20(28-24)14-17-15-32(19-7-5-4-6-8-19)29-22(17)16-9-11-18(27)12-10-16/h4-12,14-15,28H,3,13H2,1-2H3. The Morgan fingerprint density at radius 1 is 1.03 bits per heavy atom. The minimum atomic E-state index is -0.642. The molecule has 0 spiro atoms. The monoisotopic (exact) mass is 471 g/mol. The molecule has 0 amide bonds. The van der Waals surface area contributed by atoms with Crippen molar-refractivity contribution in [1.82, 2.24) is 18.9 Å². The van der Waals surface area contributed by atoms with Crippen LogP contribution in [0.4, 0.5) is 10.2 Å². The van der Waals surface area contributed by atoms with Gasteiger partial charge in [0.25, 0.3) is 5.56 Å². The van der Waals surface area contributed by atoms with Gasteiger partial charge in [0, 0.05) is 30.9 Å². The first kappa shape index (κ1) is 22.3. The first-order valence-corrected chi connectivity index (χ1v) is 11.2. The van der Waals surface area contributed by atoms with Crippen LogP contribution in [0.25, 0.3) is 23.0 Å². The molecule has 9 heteroatoms. The third kappa shape index (κ3) is 3.80. The Morgan fingerprint density at radius 2 is 1.74 bits per heavy atom. The van der Waals surface area contributed by atoms with Crippen molar-refractivity contribution in [1.29, 1.82) is 0 Å². The van der Waals surface area contributed by atoms with Gasteiger partial charge >= 0.3 is 5.69 Å². The van der Waals surface area contributed by atoms with Crippen molar-refractivity contribution in [3.8, 4) is 16.9 Å². The smallest absolute Gasteiger partial charge is 0.332 e. The fourth-order valence-electron chi connectivity index (χ4n) is 4.15. The van der Waals surface area contributed by atoms with E-state index < -0.39 is 17.0 Å². The summed E-state index contributed by atoms with van der Waals surface area (Å²) in [5.74, 6) is -0.665. The number of hydrogen-bond donors (Lipinski definition) is 1. The molecule has 5 rings (SSSR count). The van der Waals surface area contributed by atoms with Crippen LogP contribution >= 0.6 is 0 Å². The average molecular weight is 471 g/mol. The van der Waals surface area contributed by atoms with Gasteiger partial charge in [-0.05, 0) is 48.9 Å². The van der Waals surface area contributed by atoms with Gasteiger partial charge in [-0.2, -0.15) is 5.10 Å². The van der Waals surface area contributed by atoms with Gasteiger partial charge in [-0.15, -0.1) is 0 Å². The number of rotatable bonds is 5. The molecule has 2 aromatic heterocycles. The lowest BCUT2D eigenvalue weighted by molar-refractivity contribution is 0.104. The summed E-state index contributed by atoms with van der Waals surface area (Å²) < 4.78 is 17.6. The molecular weight excluding hydrogens is 449 g/mol. The SMILES string of the molecule is CCCn1c2c(c(=O)n(C)c1=O)C(=O)C(=Cc1cn(-c3ccccc3)nc1-c1ccc(F)cc1)N2. The Morgan fingerprint density at radius 3 is 2.43 bits per heavy atom. The van der Waals surface area contributed by atoms with E-state index in [0.717, 1.165) is 10.3 Å². The van der Waals surface area contributed by atoms with E-state index in [1.807, 2.05) is 37.3 Å². The summed E-state index contributed by atoms with van der Waals surface area (Å²) in [5, 5.41) is 7.67. The van der Waals surface area contributed by atoms with Gasteiger partial charge < -0.3 is 5.32 Å². The molecule has 0 atom stereocenters. The molecule has 35 heavy (non-hydrogen) atoms. The predicted molar refractivity (Wildman–Crippen MR) is 131 cm³/mol. The second-order valence-corrected chi connectivity index (χ2v) is 8.25. The van der Waals surface area contributed by atoms with E-state index in [1.54, 1.807) is 29.1 Å². The van der Waals surface area contributed by atoms with E-state index >= 15 is 0 Å². The normalized spacial score (nSPS) is 13.8. The molecule has 0 saturated heterocycles. The fourth-order valence-corrected chi connectivity index (χ4v) is 4.15. The molecule has 8 nitrogen and oxygen atoms in total. The van der Waals surface area contributed by atoms with Gasteiger partial charge in [0.05, 0.1) is 11.4 Å². The number of para-hydroxylation sites is 1. The van der Waals surface area contributed by atoms with Gasteiger partial charge in [0.1, 0.15) is 22.9 Å². The summed E-state index contributed by atoms with van der Waals surface area (Å²) >= 11 is 0. The Hall–Kier alpha value is -4.53. The lowest BCUT2D eigenvalue weighted by Crippen LogP contribution is -2.40. The van der Waals surface area contributed by atoms with Crippen LogP contribution in [0.5, 0.6) is 0 Å². The van der Waals surface area contributed by atoms with Gasteiger partial charge in [-0.1, -0.05) is 25.1 Å². The number of carbonyl (C=O) groups is 1. The van der Waals surface area contributed by atoms with Crippen LogP contribution in [0, 0.1) is 5.82 Å². The fraction of sp³-hybridized carbons (Fsp3) is 0.154. The van der Waals surface area contributed by atoms with Crippen LogP contribution < -0.4 is 16.6 Å². The number of aromatic nitrogens is 4. The largest absolute Gasteiger partial charge is 0.338 e. The first-order valence-electron chi connectivity index (χ1n) is 11.2. The van der Waals surface area contributed by atoms with E-state index in [-0.39, 0.29) is 22.9 Å². The lowest BCUT2D eigenvalue weighted by Gasteiger charge is -2.11. The molecule has 1 aliphatic rings. The van der Waals surface area contributed by atoms with Crippen LogP contribution in [-0.4, -0.2) is 24.7 Å². The number of benzene rings is 2. The number of Topliss-reactive ketones (excluding diaryl/α,β-unsaturated/α-hetero) is 1. The Kier molecular flexibility index (Phi) is 5.52. The number of fused-ring (bicyclic) bond motifs is 1. The van der Waals surface area contributed by atoms with Crippen molar-refractivity contribution in [2.24, 2.45) is 7.05 Å². The Labute approximate surface area is 199 Å². The van der Waals surface area contributed by atoms with Crippen molar-refractivity contribution in [2.45, 2.75) is 19.9 Å². The van der Waals surface area contributed by atoms with Gasteiger partial charge in [0.15, 0.2) is 0 Å². The molecule has 0 aliphatic carbocycles. The highest BCUT2D eigenvalue weighted by atomic mass is 19.1. The zero-order valence-corrected chi connectivity index (χ0v) is 19.2. The second-order valence-electron chi connectivity index (χ2n) is 8.25. The maximum atomic E-state index is 13.6. The Bertz CT molecular complexity index is 1600. The van der Waals surface area contributed by atoms with Crippen molar-refractivity contribution < 1.29 is 9.18 Å². The summed E-state index contributed by atoms with van der Waals surface area (Å²) in [6.45, 7) is 2.26. The van der Waals surface area contributed by atoms with Crippen molar-refractivity contribution in [3.63, 3.8) is 0 Å². The number of anilines is 1. The molecular formula is C26H22FN5O3. The van der Waals surface area contributed by atoms with Crippen molar-refractivity contribution >= 4 is 17.7 Å². The summed E-state index contributed by atoms with van der Waals surface area (Å²) in [6, 6.07) is 15.4. The minimum absolute atomic E-state index is 0.0643. The second kappa shape index (κ2) is 8.68. The highest BCUT2D eigenvalue weighted by molar-refractivity contribution is 6.20. The van der Waals surface area contributed by atoms with Crippen molar-refractivity contribution in [2.75, 3.05) is 5.32 Å². The first-order chi connectivity index (χ1) is 16.9. The number of allylic oxidation sites excluding steroid dienone is 1. The van der Waals surface area contributed by atoms with Gasteiger partial charge in [-0.3, -0.25) is 18.7 Å². The molecule has 3 heterocycles. The molecule has 0 unspecified atom stereocenters. The van der Waals surface area contributed by atoms with Gasteiger partial charge in [-0.25, -0.2) is 13.9 Å². The summed E-state index contributed by atoms with van der Waals surface area (Å²) in [7, 11) is 1.36. The maximum absolute atomic E-state index is 13.6. The summed E-state index contributed by atoms with van der Waals surface area (Å²) in [6.07, 6.45) is 4.02. The quantitative estimate of drug-likeness (QED) is 0.449. The molecule has 4 aromatic rings. The average Bonchev–Trinajstić information content (AvgIpc) is 3.43. The zero-order chi connectivity index (χ0) is 24.7. The van der Waals surface area contributed by atoms with E-state index in [4.69, 9.17) is 0 Å². The van der Waals surface area contributed by atoms with Gasteiger partial charge in [0.2, 0.25) is 5.78 Å². The number of hydrogen-bond acceptors (Lipinski definition) is 5. The van der Waals surface area contributed by atoms with E-state index in [9.17, 15) is 18.8 Å². The van der Waals surface area contributed by atoms with Crippen LogP contribution in [0.1, 0.15) is 29.3 Å². The van der Waals surface area contributed by atoms with E-state index in [1.165, 1.54) is 23.7 Å². The molecule has 0 fully saturated rings. The summed E-state index contributed by atoms with van der Waals surface area (Å²) in [4.78, 5) is 38.7. The molecule has 0 bridgehead atoms. The van der Waals surface area contributed by atoms with E-state index in [0.29, 0.717) is 29.8 Å². The van der Waals surface area contributed by atoms with Crippen LogP contribution in [0.2, 0.25) is 0 Å². The number of nitrogens with zero attached hydrogens (tertiary/aromatic N) is 4. The predicted octanol–water partition coefficient (Wildman–Crippen LogP) is 3.60. The highest BCUT2D eigenvalue weighted by Crippen LogP contribution is 2.30. The maximum Gasteiger partial charge on any atom is 0.332 e. The number of carbonyl (C=O) groups excluding carboxylic acids is 1. The lowest BCUT2D eigenvalue weighted by atomic mass is 10.1. The van der Waals surface area contributed by atoms with Crippen molar-refractivity contribution in [3.05, 3.63) is 104 Å². The molecule has 2 aromatic carbocycles. The third-order valence-electron chi connectivity index (χ3n) is 5.90. The molecule has 0 radical (unpaired) electrons. The zero-order valence-electron chi connectivity index (χ0n) is 19.2.